The molecule has 1 aliphatic rings. The zero-order valence-corrected chi connectivity index (χ0v) is 11.5. The molecule has 6 heteroatoms. The van der Waals surface area contributed by atoms with Gasteiger partial charge in [0.15, 0.2) is 5.65 Å². The van der Waals surface area contributed by atoms with Crippen molar-refractivity contribution in [3.63, 3.8) is 0 Å². The number of aromatic nitrogens is 3. The van der Waals surface area contributed by atoms with Gasteiger partial charge in [0, 0.05) is 10.7 Å². The molecular weight excluding hydrogens is 296 g/mol. The highest BCUT2D eigenvalue weighted by atomic mass is 79.9. The Bertz CT molecular complexity index is 583. The smallest absolute Gasteiger partial charge is 0.202 e. The van der Waals surface area contributed by atoms with Gasteiger partial charge in [0.1, 0.15) is 5.52 Å². The number of aliphatic hydroxyl groups excluding tert-OH is 1. The van der Waals surface area contributed by atoms with E-state index in [4.69, 9.17) is 5.73 Å². The second-order valence-corrected chi connectivity index (χ2v) is 5.67. The molecule has 0 bridgehead atoms. The minimum Gasteiger partial charge on any atom is -0.391 e. The topological polar surface area (TPSA) is 77.0 Å². The summed E-state index contributed by atoms with van der Waals surface area (Å²) in [5.41, 5.74) is 7.50. The summed E-state index contributed by atoms with van der Waals surface area (Å²) in [6, 6.07) is 1.89. The summed E-state index contributed by atoms with van der Waals surface area (Å²) in [6.45, 7) is 0. The fourth-order valence-corrected chi connectivity index (χ4v) is 3.01. The molecule has 1 aliphatic carbocycles. The number of pyridine rings is 1. The molecule has 3 N–H and O–H groups in total. The largest absolute Gasteiger partial charge is 0.391 e. The molecule has 0 spiro atoms. The van der Waals surface area contributed by atoms with Crippen LogP contribution in [0.5, 0.6) is 0 Å². The maximum Gasteiger partial charge on any atom is 0.202 e. The number of nitrogens with two attached hydrogens (primary N) is 1. The van der Waals surface area contributed by atoms with Crippen molar-refractivity contribution in [3.8, 4) is 0 Å². The van der Waals surface area contributed by atoms with E-state index in [1.165, 1.54) is 0 Å². The Balaban J connectivity index is 2.12. The van der Waals surface area contributed by atoms with E-state index in [2.05, 4.69) is 25.9 Å². The lowest BCUT2D eigenvalue weighted by atomic mass is 9.92. The van der Waals surface area contributed by atoms with Crippen LogP contribution in [-0.4, -0.2) is 25.7 Å². The zero-order chi connectivity index (χ0) is 12.7. The molecule has 1 saturated carbocycles. The third-order valence-corrected chi connectivity index (χ3v) is 3.98. The molecule has 2 aromatic heterocycles. The van der Waals surface area contributed by atoms with Crippen LogP contribution in [0.15, 0.2) is 16.7 Å². The van der Waals surface area contributed by atoms with Crippen molar-refractivity contribution in [1.29, 1.82) is 0 Å². The number of nitrogen functional groups attached to an aromatic ring is 1. The van der Waals surface area contributed by atoms with Gasteiger partial charge in [0.25, 0.3) is 0 Å². The number of anilines is 1. The van der Waals surface area contributed by atoms with Gasteiger partial charge in [-0.3, -0.25) is 4.57 Å². The number of rotatable bonds is 1. The lowest BCUT2D eigenvalue weighted by molar-refractivity contribution is 0.0780. The summed E-state index contributed by atoms with van der Waals surface area (Å²) in [4.78, 5) is 8.69. The molecule has 18 heavy (non-hydrogen) atoms. The Labute approximate surface area is 113 Å². The average Bonchev–Trinajstić information content (AvgIpc) is 2.65. The Kier molecular flexibility index (Phi) is 2.99. The molecule has 0 aliphatic heterocycles. The van der Waals surface area contributed by atoms with Gasteiger partial charge < -0.3 is 10.8 Å². The van der Waals surface area contributed by atoms with Crippen LogP contribution in [0.25, 0.3) is 11.2 Å². The molecule has 2 aromatic rings. The summed E-state index contributed by atoms with van der Waals surface area (Å²) in [5, 5.41) is 10.1. The Hall–Kier alpha value is -1.14. The molecule has 0 radical (unpaired) electrons. The second kappa shape index (κ2) is 4.51. The maximum absolute atomic E-state index is 10.1. The number of imidazole rings is 1. The van der Waals surface area contributed by atoms with E-state index >= 15 is 0 Å². The summed E-state index contributed by atoms with van der Waals surface area (Å²) < 4.78 is 2.76. The molecule has 2 atom stereocenters. The summed E-state index contributed by atoms with van der Waals surface area (Å²) in [7, 11) is 0. The first-order valence-corrected chi connectivity index (χ1v) is 6.93. The zero-order valence-electron chi connectivity index (χ0n) is 9.88. The van der Waals surface area contributed by atoms with Crippen LogP contribution >= 0.6 is 15.9 Å². The van der Waals surface area contributed by atoms with Gasteiger partial charge in [-0.2, -0.15) is 0 Å². The van der Waals surface area contributed by atoms with Gasteiger partial charge in [0.05, 0.1) is 12.1 Å². The van der Waals surface area contributed by atoms with E-state index in [0.717, 1.165) is 41.3 Å². The quantitative estimate of drug-likeness (QED) is 0.847. The van der Waals surface area contributed by atoms with Crippen LogP contribution in [0.4, 0.5) is 5.95 Å². The Morgan fingerprint density at radius 1 is 1.39 bits per heavy atom. The van der Waals surface area contributed by atoms with Crippen molar-refractivity contribution in [2.24, 2.45) is 0 Å². The van der Waals surface area contributed by atoms with E-state index in [1.54, 1.807) is 6.20 Å². The van der Waals surface area contributed by atoms with Crippen LogP contribution in [0.2, 0.25) is 0 Å². The van der Waals surface area contributed by atoms with Crippen molar-refractivity contribution >= 4 is 33.0 Å². The molecule has 1 fully saturated rings. The van der Waals surface area contributed by atoms with Gasteiger partial charge in [-0.1, -0.05) is 12.8 Å². The molecule has 5 nitrogen and oxygen atoms in total. The molecular formula is C12H15BrN4O. The van der Waals surface area contributed by atoms with E-state index < -0.39 is 0 Å². The normalized spacial score (nSPS) is 24.6. The molecule has 0 saturated heterocycles. The van der Waals surface area contributed by atoms with Crippen molar-refractivity contribution in [2.75, 3.05) is 5.73 Å². The first-order chi connectivity index (χ1) is 8.66. The highest BCUT2D eigenvalue weighted by Gasteiger charge is 2.28. The molecule has 0 aromatic carbocycles. The molecule has 2 heterocycles. The minimum absolute atomic E-state index is 0.00238. The fraction of sp³-hybridized carbons (Fsp3) is 0.500. The first kappa shape index (κ1) is 11.9. The summed E-state index contributed by atoms with van der Waals surface area (Å²) in [5.74, 6) is 0.432. The lowest BCUT2D eigenvalue weighted by Gasteiger charge is -2.29. The molecule has 2 unspecified atom stereocenters. The van der Waals surface area contributed by atoms with E-state index in [1.807, 2.05) is 10.6 Å². The number of fused-ring (bicyclic) bond motifs is 1. The summed E-state index contributed by atoms with van der Waals surface area (Å²) in [6.07, 6.45) is 5.30. The van der Waals surface area contributed by atoms with Crippen molar-refractivity contribution in [1.82, 2.24) is 14.5 Å². The lowest BCUT2D eigenvalue weighted by Crippen LogP contribution is -2.28. The Morgan fingerprint density at radius 2 is 2.17 bits per heavy atom. The number of nitrogens with zero attached hydrogens (tertiary/aromatic N) is 3. The highest BCUT2D eigenvalue weighted by Crippen LogP contribution is 2.33. The van der Waals surface area contributed by atoms with Crippen LogP contribution in [-0.2, 0) is 0 Å². The number of hydrogen-bond donors (Lipinski definition) is 2. The van der Waals surface area contributed by atoms with Gasteiger partial charge >= 0.3 is 0 Å². The first-order valence-electron chi connectivity index (χ1n) is 6.14. The third kappa shape index (κ3) is 1.89. The van der Waals surface area contributed by atoms with Crippen LogP contribution in [0.3, 0.4) is 0 Å². The predicted octanol–water partition coefficient (Wildman–Crippen LogP) is 2.25. The van der Waals surface area contributed by atoms with Crippen molar-refractivity contribution in [2.45, 2.75) is 37.8 Å². The van der Waals surface area contributed by atoms with Crippen molar-refractivity contribution in [3.05, 3.63) is 16.7 Å². The maximum atomic E-state index is 10.1. The number of hydrogen-bond acceptors (Lipinski definition) is 4. The van der Waals surface area contributed by atoms with E-state index in [9.17, 15) is 5.11 Å². The molecule has 96 valence electrons. The van der Waals surface area contributed by atoms with Crippen molar-refractivity contribution < 1.29 is 5.11 Å². The standard InChI is InChI=1S/C12H15BrN4O/c13-7-5-8-11(15-6-7)17(12(14)16-8)9-3-1-2-4-10(9)18/h5-6,9-10,18H,1-4H2,(H2,14,16). The van der Waals surface area contributed by atoms with E-state index in [0.29, 0.717) is 5.95 Å². The van der Waals surface area contributed by atoms with Gasteiger partial charge in [-0.15, -0.1) is 0 Å². The van der Waals surface area contributed by atoms with E-state index in [-0.39, 0.29) is 12.1 Å². The highest BCUT2D eigenvalue weighted by molar-refractivity contribution is 9.10. The molecule has 3 rings (SSSR count). The minimum atomic E-state index is -0.358. The van der Waals surface area contributed by atoms with Crippen LogP contribution in [0.1, 0.15) is 31.7 Å². The van der Waals surface area contributed by atoms with Crippen LogP contribution < -0.4 is 5.73 Å². The van der Waals surface area contributed by atoms with Gasteiger partial charge in [-0.25, -0.2) is 9.97 Å². The fourth-order valence-electron chi connectivity index (χ4n) is 2.69. The van der Waals surface area contributed by atoms with Crippen LogP contribution in [0, 0.1) is 0 Å². The summed E-state index contributed by atoms with van der Waals surface area (Å²) >= 11 is 3.37. The third-order valence-electron chi connectivity index (χ3n) is 3.55. The monoisotopic (exact) mass is 310 g/mol. The Morgan fingerprint density at radius 3 is 2.94 bits per heavy atom. The van der Waals surface area contributed by atoms with Gasteiger partial charge in [0.2, 0.25) is 5.95 Å². The number of halogens is 1. The predicted molar refractivity (Wildman–Crippen MR) is 73.2 cm³/mol. The average molecular weight is 311 g/mol. The number of aliphatic hydroxyl groups is 1. The molecule has 0 amide bonds. The SMILES string of the molecule is Nc1nc2cc(Br)cnc2n1C1CCCCC1O. The second-order valence-electron chi connectivity index (χ2n) is 4.76. The van der Waals surface area contributed by atoms with Gasteiger partial charge in [-0.05, 0) is 34.8 Å².